The van der Waals surface area contributed by atoms with Crippen molar-refractivity contribution in [3.63, 3.8) is 0 Å². The lowest BCUT2D eigenvalue weighted by molar-refractivity contribution is -0.187. The van der Waals surface area contributed by atoms with Gasteiger partial charge in [0.05, 0.1) is 19.2 Å². The van der Waals surface area contributed by atoms with Gasteiger partial charge in [-0.1, -0.05) is 63.1 Å². The molecule has 3 aliphatic heterocycles. The van der Waals surface area contributed by atoms with E-state index in [-0.39, 0.29) is 36.1 Å². The Balaban J connectivity index is 1.63. The topological polar surface area (TPSA) is 144 Å². The first kappa shape index (κ1) is 39.9. The van der Waals surface area contributed by atoms with Gasteiger partial charge in [0, 0.05) is 55.5 Å². The number of hydrogen-bond donors (Lipinski definition) is 3. The molecule has 2 saturated heterocycles. The van der Waals surface area contributed by atoms with Crippen molar-refractivity contribution in [3.8, 4) is 5.75 Å². The summed E-state index contributed by atoms with van der Waals surface area (Å²) < 4.78 is 22.9. The van der Waals surface area contributed by atoms with Crippen molar-refractivity contribution in [2.75, 3.05) is 33.2 Å². The first-order chi connectivity index (χ1) is 24.2. The maximum absolute atomic E-state index is 14.2. The number of carbonyl (C=O) groups excluding carboxylic acids is 4. The third-order valence-corrected chi connectivity index (χ3v) is 12.3. The fourth-order valence-corrected chi connectivity index (χ4v) is 9.03. The van der Waals surface area contributed by atoms with Crippen LogP contribution in [-0.4, -0.2) is 97.0 Å². The number of esters is 1. The molecule has 8 atom stereocenters. The second-order valence-electron chi connectivity index (χ2n) is 15.8. The number of allylic oxidation sites excluding steroid dienone is 3. The van der Waals surface area contributed by atoms with Crippen LogP contribution in [0.1, 0.15) is 72.3 Å². The number of nitrogens with zero attached hydrogens (tertiary/aromatic N) is 2. The van der Waals surface area contributed by atoms with Gasteiger partial charge >= 0.3 is 12.1 Å². The van der Waals surface area contributed by atoms with Crippen molar-refractivity contribution in [2.24, 2.45) is 16.7 Å². The predicted octanol–water partition coefficient (Wildman–Crippen LogP) is 5.24. The zero-order chi connectivity index (χ0) is 38.6. The van der Waals surface area contributed by atoms with Crippen molar-refractivity contribution < 1.29 is 43.2 Å². The molecule has 52 heavy (non-hydrogen) atoms. The summed E-state index contributed by atoms with van der Waals surface area (Å²) >= 11 is 11.3. The molecule has 1 aromatic rings. The average molecular weight is 762 g/mol. The summed E-state index contributed by atoms with van der Waals surface area (Å²) in [7, 11) is 6.15. The third-order valence-electron chi connectivity index (χ3n) is 11.7. The Morgan fingerprint density at radius 2 is 1.92 bits per heavy atom. The quantitative estimate of drug-likeness (QED) is 0.262. The molecule has 0 spiro atoms. The maximum Gasteiger partial charge on any atom is 0.409 e. The molecule has 3 heterocycles. The normalized spacial score (nSPS) is 35.2. The van der Waals surface area contributed by atoms with Gasteiger partial charge in [-0.3, -0.25) is 14.9 Å². The zero-order valence-corrected chi connectivity index (χ0v) is 33.1. The highest BCUT2D eigenvalue weighted by Crippen LogP contribution is 2.75. The maximum atomic E-state index is 14.2. The number of nitrogens with one attached hydrogen (secondary N) is 1. The number of ether oxygens (including phenoxy) is 4. The van der Waals surface area contributed by atoms with Crippen LogP contribution >= 0.6 is 24.2 Å². The summed E-state index contributed by atoms with van der Waals surface area (Å²) in [5.41, 5.74) is -1.46. The Labute approximate surface area is 316 Å². The van der Waals surface area contributed by atoms with Gasteiger partial charge in [-0.05, 0) is 43.9 Å². The predicted molar refractivity (Wildman–Crippen MR) is 199 cm³/mol. The van der Waals surface area contributed by atoms with E-state index in [1.165, 1.54) is 24.0 Å². The van der Waals surface area contributed by atoms with Gasteiger partial charge < -0.3 is 33.9 Å². The van der Waals surface area contributed by atoms with Crippen LogP contribution in [-0.2, 0) is 35.0 Å². The molecule has 286 valence electrons. The van der Waals surface area contributed by atoms with E-state index < -0.39 is 63.6 Å². The Morgan fingerprint density at radius 3 is 2.56 bits per heavy atom. The monoisotopic (exact) mass is 761 g/mol. The van der Waals surface area contributed by atoms with E-state index >= 15 is 0 Å². The second kappa shape index (κ2) is 14.5. The fourth-order valence-electron chi connectivity index (χ4n) is 8.60. The minimum absolute atomic E-state index is 0.0764. The minimum Gasteiger partial charge on any atom is -0.495 e. The number of anilines is 1. The first-order valence-electron chi connectivity index (χ1n) is 17.6. The van der Waals surface area contributed by atoms with E-state index in [2.05, 4.69) is 17.9 Å². The molecule has 5 rings (SSSR count). The summed E-state index contributed by atoms with van der Waals surface area (Å²) in [4.78, 5) is 58.1. The van der Waals surface area contributed by atoms with Crippen LogP contribution in [0.5, 0.6) is 5.75 Å². The second-order valence-corrected chi connectivity index (χ2v) is 17.4. The van der Waals surface area contributed by atoms with Crippen LogP contribution in [0.2, 0.25) is 5.02 Å². The molecule has 2 N–H and O–H groups in total. The van der Waals surface area contributed by atoms with Gasteiger partial charge in [0.25, 0.3) is 0 Å². The van der Waals surface area contributed by atoms with Crippen molar-refractivity contribution in [1.82, 2.24) is 10.2 Å². The summed E-state index contributed by atoms with van der Waals surface area (Å²) in [6.45, 7) is 9.57. The van der Waals surface area contributed by atoms with Gasteiger partial charge in [-0.2, -0.15) is 12.6 Å². The van der Waals surface area contributed by atoms with Crippen LogP contribution in [0.3, 0.4) is 0 Å². The van der Waals surface area contributed by atoms with E-state index in [4.69, 9.17) is 30.5 Å². The van der Waals surface area contributed by atoms with E-state index in [1.807, 2.05) is 52.8 Å². The number of aliphatic hydroxyl groups is 1. The van der Waals surface area contributed by atoms with Crippen molar-refractivity contribution >= 4 is 53.8 Å². The van der Waals surface area contributed by atoms with Crippen molar-refractivity contribution in [1.29, 1.82) is 0 Å². The third kappa shape index (κ3) is 7.30. The van der Waals surface area contributed by atoms with E-state index in [0.717, 1.165) is 11.1 Å². The Kier molecular flexibility index (Phi) is 11.2. The highest BCUT2D eigenvalue weighted by molar-refractivity contribution is 7.81. The van der Waals surface area contributed by atoms with Crippen molar-refractivity contribution in [3.05, 3.63) is 46.5 Å². The number of carbonyl (C=O) groups is 4. The molecule has 3 fully saturated rings. The number of likely N-dealkylation sites (N-methyl/N-ethyl adjacent to an activating group) is 1. The van der Waals surface area contributed by atoms with Gasteiger partial charge in [-0.25, -0.2) is 9.59 Å². The summed E-state index contributed by atoms with van der Waals surface area (Å²) in [5.74, 6) is -1.44. The average Bonchev–Trinajstić information content (AvgIpc) is 3.71. The molecule has 14 heteroatoms. The standard InChI is InChI=1S/C38H52ClN3O9S/c1-21-11-10-12-27(49-9)38(47)19-26(50-34(46)40-38)22(2)37-20-36(37,5)28(51-33(45)32(37)42(7)29(43)13-14-35(3,4)52)18-30(44)41(6)24-16-23(15-21)17-25(48-8)31(24)39/h10-12,16-17,22,26-28,32,47,52H,13-15,18-20H2,1-9H3,(H,40,46)/b12-10+,21-11+/t22-,26?,27-,28+,32-,36+,37+,38+/m1/s1. The van der Waals surface area contributed by atoms with Gasteiger partial charge in [0.1, 0.15) is 35.1 Å². The molecule has 6 bridgehead atoms. The smallest absolute Gasteiger partial charge is 0.409 e. The van der Waals surface area contributed by atoms with E-state index in [9.17, 15) is 24.3 Å². The number of halogens is 1. The fraction of sp³-hybridized carbons (Fsp3) is 0.632. The van der Waals surface area contributed by atoms with Crippen molar-refractivity contribution in [2.45, 2.75) is 108 Å². The minimum atomic E-state index is -1.87. The molecule has 12 nitrogen and oxygen atoms in total. The van der Waals surface area contributed by atoms with Crippen LogP contribution in [0.25, 0.3) is 0 Å². The molecule has 0 radical (unpaired) electrons. The Hall–Kier alpha value is -3.26. The molecule has 1 unspecified atom stereocenters. The van der Waals surface area contributed by atoms with Crippen LogP contribution < -0.4 is 15.0 Å². The lowest BCUT2D eigenvalue weighted by Crippen LogP contribution is -2.65. The van der Waals surface area contributed by atoms with Crippen LogP contribution in [0, 0.1) is 16.7 Å². The highest BCUT2D eigenvalue weighted by atomic mass is 35.5. The molecule has 1 saturated carbocycles. The summed E-state index contributed by atoms with van der Waals surface area (Å²) in [5, 5.41) is 14.8. The summed E-state index contributed by atoms with van der Waals surface area (Å²) in [6.07, 6.45) is 2.94. The first-order valence-corrected chi connectivity index (χ1v) is 18.4. The highest BCUT2D eigenvalue weighted by Gasteiger charge is 2.80. The number of methoxy groups -OCH3 is 2. The molecule has 4 aliphatic rings. The molecule has 3 amide bonds. The van der Waals surface area contributed by atoms with Crippen LogP contribution in [0.4, 0.5) is 10.5 Å². The lowest BCUT2D eigenvalue weighted by Gasteiger charge is -2.49. The van der Waals surface area contributed by atoms with Gasteiger partial charge in [0.2, 0.25) is 11.8 Å². The molecular weight excluding hydrogens is 710 g/mol. The number of thiol groups is 1. The van der Waals surface area contributed by atoms with Crippen LogP contribution in [0.15, 0.2) is 35.9 Å². The zero-order valence-electron chi connectivity index (χ0n) is 31.4. The number of hydrogen-bond acceptors (Lipinski definition) is 10. The molecule has 1 aliphatic carbocycles. The number of fused-ring (bicyclic) bond motifs is 4. The number of rotatable bonds is 6. The molecular formula is C38H52ClN3O9S. The largest absolute Gasteiger partial charge is 0.495 e. The number of alkyl carbamates (subject to hydrolysis) is 1. The number of amides is 3. The Morgan fingerprint density at radius 1 is 1.23 bits per heavy atom. The molecule has 0 aromatic heterocycles. The SMILES string of the molecule is COc1cc2cc(c1Cl)N(C)C(=O)C[C@@H]1OC(=O)[C@@H](N(C)C(=O)CCC(C)(C)S)[C@]3(C[C@@]13C)[C@H](C)C1C[C@@](O)(NC(=O)O1)[C@H](OC)/C=C/C=C(\C)C2. The molecule has 1 aromatic carbocycles. The van der Waals surface area contributed by atoms with Gasteiger partial charge in [0.15, 0.2) is 5.72 Å². The Bertz CT molecular complexity index is 1680. The summed E-state index contributed by atoms with van der Waals surface area (Å²) in [6, 6.07) is 2.59. The van der Waals surface area contributed by atoms with E-state index in [0.29, 0.717) is 30.7 Å². The lowest BCUT2D eigenvalue weighted by atomic mass is 9.69. The van der Waals surface area contributed by atoms with Gasteiger partial charge in [-0.15, -0.1) is 0 Å². The van der Waals surface area contributed by atoms with E-state index in [1.54, 1.807) is 26.2 Å². The number of benzene rings is 1.